The maximum atomic E-state index is 12.2. The van der Waals surface area contributed by atoms with Gasteiger partial charge in [0.15, 0.2) is 5.43 Å². The second kappa shape index (κ2) is 4.12. The monoisotopic (exact) mass is 341 g/mol. The van der Waals surface area contributed by atoms with Crippen LogP contribution in [0.4, 0.5) is 0 Å². The molecule has 0 aliphatic rings. The maximum Gasteiger partial charge on any atom is 0.190 e. The van der Waals surface area contributed by atoms with E-state index in [1.165, 1.54) is 0 Å². The molecule has 0 saturated heterocycles. The van der Waals surface area contributed by atoms with Crippen LogP contribution in [-0.2, 0) is 5.41 Å². The van der Waals surface area contributed by atoms with Gasteiger partial charge in [0.05, 0.1) is 10.9 Å². The highest BCUT2D eigenvalue weighted by Crippen LogP contribution is 2.24. The van der Waals surface area contributed by atoms with Crippen LogP contribution in [0.1, 0.15) is 32.0 Å². The van der Waals surface area contributed by atoms with Crippen molar-refractivity contribution in [2.75, 3.05) is 0 Å². The molecular weight excluding hydrogens is 325 g/mol. The second-order valence-electron chi connectivity index (χ2n) is 5.41. The molecule has 0 unspecified atom stereocenters. The average Bonchev–Trinajstić information content (AvgIpc) is 2.21. The lowest BCUT2D eigenvalue weighted by Gasteiger charge is -2.19. The molecule has 0 aliphatic carbocycles. The first kappa shape index (κ1) is 12.6. The molecule has 1 heterocycles. The molecule has 90 valence electrons. The van der Waals surface area contributed by atoms with E-state index in [9.17, 15) is 4.79 Å². The third-order valence-corrected chi connectivity index (χ3v) is 3.85. The summed E-state index contributed by atoms with van der Waals surface area (Å²) in [6.45, 7) is 8.34. The van der Waals surface area contributed by atoms with Gasteiger partial charge in [0, 0.05) is 20.7 Å². The molecule has 0 aliphatic heterocycles. The number of aromatic nitrogens is 1. The molecule has 0 bridgehead atoms. The van der Waals surface area contributed by atoms with Gasteiger partial charge in [-0.1, -0.05) is 26.8 Å². The molecule has 0 radical (unpaired) electrons. The number of aromatic amines is 1. The third-order valence-electron chi connectivity index (χ3n) is 2.95. The first-order chi connectivity index (χ1) is 7.80. The van der Waals surface area contributed by atoms with Crippen molar-refractivity contribution in [1.82, 2.24) is 4.98 Å². The van der Waals surface area contributed by atoms with Crippen LogP contribution in [-0.4, -0.2) is 4.98 Å². The molecule has 0 spiro atoms. The number of fused-ring (bicyclic) bond motifs is 1. The number of hydrogen-bond donors (Lipinski definition) is 1. The number of benzene rings is 1. The van der Waals surface area contributed by atoms with Crippen molar-refractivity contribution in [2.45, 2.75) is 33.1 Å². The van der Waals surface area contributed by atoms with E-state index in [-0.39, 0.29) is 10.8 Å². The minimum absolute atomic E-state index is 0.0406. The normalized spacial score (nSPS) is 12.1. The summed E-state index contributed by atoms with van der Waals surface area (Å²) in [7, 11) is 0. The molecule has 2 aromatic rings. The van der Waals surface area contributed by atoms with Gasteiger partial charge in [-0.2, -0.15) is 0 Å². The minimum Gasteiger partial charge on any atom is -0.357 e. The number of hydrogen-bond acceptors (Lipinski definition) is 1. The van der Waals surface area contributed by atoms with Crippen molar-refractivity contribution in [3.05, 3.63) is 43.2 Å². The summed E-state index contributed by atoms with van der Waals surface area (Å²) in [5.41, 5.74) is 3.14. The topological polar surface area (TPSA) is 32.9 Å². The van der Waals surface area contributed by atoms with Gasteiger partial charge in [0.2, 0.25) is 0 Å². The highest BCUT2D eigenvalue weighted by atomic mass is 127. The van der Waals surface area contributed by atoms with E-state index in [0.29, 0.717) is 0 Å². The van der Waals surface area contributed by atoms with Gasteiger partial charge in [-0.05, 0) is 41.1 Å². The van der Waals surface area contributed by atoms with Gasteiger partial charge in [-0.15, -0.1) is 0 Å². The fourth-order valence-corrected chi connectivity index (χ4v) is 2.58. The van der Waals surface area contributed by atoms with Crippen LogP contribution < -0.4 is 5.43 Å². The van der Waals surface area contributed by atoms with Crippen molar-refractivity contribution in [3.63, 3.8) is 0 Å². The fraction of sp³-hybridized carbons (Fsp3) is 0.357. The fourth-order valence-electron chi connectivity index (χ4n) is 1.86. The SMILES string of the molecule is Cc1ccc(I)c2c(=O)cc(C(C)(C)C)[nH]c12. The standard InChI is InChI=1S/C14H16INO/c1-8-5-6-9(15)12-10(17)7-11(14(2,3)4)16-13(8)12/h5-7H,1-4H3,(H,16,17). The summed E-state index contributed by atoms with van der Waals surface area (Å²) < 4.78 is 1.00. The van der Waals surface area contributed by atoms with Crippen molar-refractivity contribution in [2.24, 2.45) is 0 Å². The van der Waals surface area contributed by atoms with Gasteiger partial charge < -0.3 is 4.98 Å². The number of pyridine rings is 1. The van der Waals surface area contributed by atoms with E-state index in [4.69, 9.17) is 0 Å². The van der Waals surface area contributed by atoms with Crippen molar-refractivity contribution in [1.29, 1.82) is 0 Å². The van der Waals surface area contributed by atoms with E-state index in [1.807, 2.05) is 19.1 Å². The minimum atomic E-state index is -0.0406. The van der Waals surface area contributed by atoms with E-state index in [0.717, 1.165) is 25.7 Å². The molecule has 17 heavy (non-hydrogen) atoms. The van der Waals surface area contributed by atoms with Gasteiger partial charge in [-0.25, -0.2) is 0 Å². The molecule has 2 nitrogen and oxygen atoms in total. The van der Waals surface area contributed by atoms with E-state index >= 15 is 0 Å². The second-order valence-corrected chi connectivity index (χ2v) is 6.57. The van der Waals surface area contributed by atoms with Crippen molar-refractivity contribution < 1.29 is 0 Å². The number of H-pyrrole nitrogens is 1. The molecule has 0 amide bonds. The Morgan fingerprint density at radius 3 is 2.47 bits per heavy atom. The first-order valence-electron chi connectivity index (χ1n) is 5.63. The summed E-state index contributed by atoms with van der Waals surface area (Å²) in [5.74, 6) is 0. The molecule has 0 atom stereocenters. The first-order valence-corrected chi connectivity index (χ1v) is 6.71. The van der Waals surface area contributed by atoms with E-state index < -0.39 is 0 Å². The van der Waals surface area contributed by atoms with Crippen molar-refractivity contribution >= 4 is 33.5 Å². The Bertz CT molecular complexity index is 635. The molecule has 1 aromatic carbocycles. The number of rotatable bonds is 0. The Labute approximate surface area is 115 Å². The largest absolute Gasteiger partial charge is 0.357 e. The highest BCUT2D eigenvalue weighted by Gasteiger charge is 2.17. The Morgan fingerprint density at radius 1 is 1.24 bits per heavy atom. The molecule has 0 saturated carbocycles. The summed E-state index contributed by atoms with van der Waals surface area (Å²) in [5, 5.41) is 0.804. The number of halogens is 1. The smallest absolute Gasteiger partial charge is 0.190 e. The predicted molar refractivity (Wildman–Crippen MR) is 80.7 cm³/mol. The lowest BCUT2D eigenvalue weighted by atomic mass is 9.91. The Kier molecular flexibility index (Phi) is 3.06. The molecule has 0 fully saturated rings. The number of nitrogens with one attached hydrogen (secondary N) is 1. The maximum absolute atomic E-state index is 12.2. The van der Waals surface area contributed by atoms with Crippen LogP contribution in [0.5, 0.6) is 0 Å². The van der Waals surface area contributed by atoms with Crippen LogP contribution in [0, 0.1) is 10.5 Å². The summed E-state index contributed by atoms with van der Waals surface area (Å²) in [6.07, 6.45) is 0. The highest BCUT2D eigenvalue weighted by molar-refractivity contribution is 14.1. The van der Waals surface area contributed by atoms with Crippen molar-refractivity contribution in [3.8, 4) is 0 Å². The van der Waals surface area contributed by atoms with E-state index in [1.54, 1.807) is 6.07 Å². The predicted octanol–water partition coefficient (Wildman–Crippen LogP) is 3.74. The van der Waals surface area contributed by atoms with Gasteiger partial charge in [-0.3, -0.25) is 4.79 Å². The number of aryl methyl sites for hydroxylation is 1. The van der Waals surface area contributed by atoms with E-state index in [2.05, 4.69) is 48.3 Å². The zero-order chi connectivity index (χ0) is 12.8. The molecule has 1 N–H and O–H groups in total. The summed E-state index contributed by atoms with van der Waals surface area (Å²) in [6, 6.07) is 5.76. The van der Waals surface area contributed by atoms with Gasteiger partial charge in [0.1, 0.15) is 0 Å². The zero-order valence-corrected chi connectivity index (χ0v) is 12.7. The lowest BCUT2D eigenvalue weighted by Crippen LogP contribution is -2.18. The molecule has 3 heteroatoms. The van der Waals surface area contributed by atoms with Gasteiger partial charge >= 0.3 is 0 Å². The van der Waals surface area contributed by atoms with Crippen LogP contribution in [0.3, 0.4) is 0 Å². The summed E-state index contributed by atoms with van der Waals surface area (Å²) in [4.78, 5) is 15.6. The lowest BCUT2D eigenvalue weighted by molar-refractivity contribution is 0.571. The molecule has 2 rings (SSSR count). The van der Waals surface area contributed by atoms with Crippen LogP contribution in [0.2, 0.25) is 0 Å². The summed E-state index contributed by atoms with van der Waals surface area (Å²) >= 11 is 2.21. The quantitative estimate of drug-likeness (QED) is 0.728. The van der Waals surface area contributed by atoms with Crippen LogP contribution >= 0.6 is 22.6 Å². The Hall–Kier alpha value is -0.840. The molecule has 1 aromatic heterocycles. The third kappa shape index (κ3) is 2.25. The Balaban J connectivity index is 2.92. The van der Waals surface area contributed by atoms with Gasteiger partial charge in [0.25, 0.3) is 0 Å². The Morgan fingerprint density at radius 2 is 1.88 bits per heavy atom. The zero-order valence-electron chi connectivity index (χ0n) is 10.5. The van der Waals surface area contributed by atoms with Crippen LogP contribution in [0.15, 0.2) is 23.0 Å². The molecular formula is C14H16INO. The van der Waals surface area contributed by atoms with Crippen LogP contribution in [0.25, 0.3) is 10.9 Å². The average molecular weight is 341 g/mol.